The zero-order valence-electron chi connectivity index (χ0n) is 14.1. The van der Waals surface area contributed by atoms with Crippen LogP contribution in [0.1, 0.15) is 51.2 Å². The van der Waals surface area contributed by atoms with Gasteiger partial charge in [0, 0.05) is 31.4 Å². The van der Waals surface area contributed by atoms with Crippen molar-refractivity contribution in [1.82, 2.24) is 5.32 Å². The molecule has 2 aliphatic rings. The van der Waals surface area contributed by atoms with E-state index in [0.717, 1.165) is 18.5 Å². The lowest BCUT2D eigenvalue weighted by Crippen LogP contribution is -2.27. The van der Waals surface area contributed by atoms with Crippen molar-refractivity contribution < 1.29 is 0 Å². The molecule has 1 aliphatic carbocycles. The van der Waals surface area contributed by atoms with E-state index in [2.05, 4.69) is 56.1 Å². The standard InChI is InChI=1S/C19H30N2/c1-14-5-8-18(15(11-14)12-20-17-6-7-17)21-10-9-16(13-21)19(2,3)4/h5,8,11,16-17,20H,6-7,9-10,12-13H2,1-4H3. The summed E-state index contributed by atoms with van der Waals surface area (Å²) in [5.41, 5.74) is 4.74. The molecule has 1 unspecified atom stereocenters. The molecule has 2 fully saturated rings. The molecule has 2 nitrogen and oxygen atoms in total. The molecule has 0 radical (unpaired) electrons. The molecule has 21 heavy (non-hydrogen) atoms. The van der Waals surface area contributed by atoms with Crippen LogP contribution >= 0.6 is 0 Å². The van der Waals surface area contributed by atoms with E-state index in [0.29, 0.717) is 5.41 Å². The molecular formula is C19H30N2. The molecule has 2 heteroatoms. The summed E-state index contributed by atoms with van der Waals surface area (Å²) in [7, 11) is 0. The molecule has 1 saturated heterocycles. The van der Waals surface area contributed by atoms with Gasteiger partial charge in [0.05, 0.1) is 0 Å². The maximum atomic E-state index is 3.68. The highest BCUT2D eigenvalue weighted by atomic mass is 15.2. The van der Waals surface area contributed by atoms with Gasteiger partial charge in [-0.3, -0.25) is 0 Å². The van der Waals surface area contributed by atoms with Crippen LogP contribution in [0.25, 0.3) is 0 Å². The van der Waals surface area contributed by atoms with Crippen molar-refractivity contribution in [3.05, 3.63) is 29.3 Å². The van der Waals surface area contributed by atoms with Crippen molar-refractivity contribution in [2.24, 2.45) is 11.3 Å². The first-order valence-electron chi connectivity index (χ1n) is 8.51. The minimum Gasteiger partial charge on any atom is -0.371 e. The third-order valence-corrected chi connectivity index (χ3v) is 5.15. The van der Waals surface area contributed by atoms with Crippen molar-refractivity contribution in [3.8, 4) is 0 Å². The Morgan fingerprint density at radius 3 is 2.57 bits per heavy atom. The number of anilines is 1. The van der Waals surface area contributed by atoms with E-state index in [1.54, 1.807) is 0 Å². The summed E-state index contributed by atoms with van der Waals surface area (Å²) in [5, 5.41) is 3.68. The lowest BCUT2D eigenvalue weighted by atomic mass is 9.80. The van der Waals surface area contributed by atoms with Crippen LogP contribution in [-0.2, 0) is 6.54 Å². The lowest BCUT2D eigenvalue weighted by molar-refractivity contribution is 0.263. The van der Waals surface area contributed by atoms with Gasteiger partial charge in [-0.25, -0.2) is 0 Å². The summed E-state index contributed by atoms with van der Waals surface area (Å²) in [6, 6.07) is 7.75. The van der Waals surface area contributed by atoms with Crippen molar-refractivity contribution >= 4 is 5.69 Å². The number of nitrogens with zero attached hydrogens (tertiary/aromatic N) is 1. The summed E-state index contributed by atoms with van der Waals surface area (Å²) in [4.78, 5) is 2.61. The van der Waals surface area contributed by atoms with Gasteiger partial charge in [0.2, 0.25) is 0 Å². The maximum Gasteiger partial charge on any atom is 0.0412 e. The van der Waals surface area contributed by atoms with E-state index < -0.39 is 0 Å². The molecule has 1 aliphatic heterocycles. The Morgan fingerprint density at radius 2 is 1.95 bits per heavy atom. The highest BCUT2D eigenvalue weighted by molar-refractivity contribution is 5.56. The lowest BCUT2D eigenvalue weighted by Gasteiger charge is -2.28. The van der Waals surface area contributed by atoms with E-state index in [1.807, 2.05) is 0 Å². The normalized spacial score (nSPS) is 22.9. The average molecular weight is 286 g/mol. The number of aryl methyl sites for hydroxylation is 1. The first-order valence-corrected chi connectivity index (χ1v) is 8.51. The van der Waals surface area contributed by atoms with E-state index in [9.17, 15) is 0 Å². The Balaban J connectivity index is 1.74. The van der Waals surface area contributed by atoms with E-state index in [1.165, 1.54) is 49.2 Å². The number of hydrogen-bond acceptors (Lipinski definition) is 2. The average Bonchev–Trinajstić information content (AvgIpc) is 3.10. The van der Waals surface area contributed by atoms with Gasteiger partial charge in [-0.05, 0) is 49.1 Å². The fraction of sp³-hybridized carbons (Fsp3) is 0.684. The van der Waals surface area contributed by atoms with Crippen LogP contribution in [0.4, 0.5) is 5.69 Å². The van der Waals surface area contributed by atoms with Gasteiger partial charge in [-0.2, -0.15) is 0 Å². The van der Waals surface area contributed by atoms with Crippen LogP contribution in [0.2, 0.25) is 0 Å². The zero-order chi connectivity index (χ0) is 15.0. The monoisotopic (exact) mass is 286 g/mol. The summed E-state index contributed by atoms with van der Waals surface area (Å²) in [6.45, 7) is 12.8. The Bertz CT molecular complexity index is 497. The van der Waals surface area contributed by atoms with Gasteiger partial charge >= 0.3 is 0 Å². The second-order valence-electron chi connectivity index (χ2n) is 8.08. The Kier molecular flexibility index (Phi) is 4.00. The van der Waals surface area contributed by atoms with Crippen LogP contribution < -0.4 is 10.2 Å². The predicted molar refractivity (Wildman–Crippen MR) is 90.8 cm³/mol. The van der Waals surface area contributed by atoms with E-state index in [4.69, 9.17) is 0 Å². The first-order chi connectivity index (χ1) is 9.93. The second kappa shape index (κ2) is 5.64. The molecule has 1 N–H and O–H groups in total. The van der Waals surface area contributed by atoms with Crippen molar-refractivity contribution in [1.29, 1.82) is 0 Å². The van der Waals surface area contributed by atoms with Gasteiger partial charge in [0.25, 0.3) is 0 Å². The van der Waals surface area contributed by atoms with Crippen LogP contribution in [0.3, 0.4) is 0 Å². The molecule has 0 amide bonds. The van der Waals surface area contributed by atoms with Gasteiger partial charge in [0.1, 0.15) is 0 Å². The highest BCUT2D eigenvalue weighted by Crippen LogP contribution is 2.37. The largest absolute Gasteiger partial charge is 0.371 e. The molecule has 3 rings (SSSR count). The molecule has 116 valence electrons. The third kappa shape index (κ3) is 3.60. The van der Waals surface area contributed by atoms with E-state index >= 15 is 0 Å². The molecule has 1 saturated carbocycles. The van der Waals surface area contributed by atoms with Crippen molar-refractivity contribution in [2.45, 2.75) is 59.5 Å². The fourth-order valence-electron chi connectivity index (χ4n) is 3.39. The minimum atomic E-state index is 0.422. The molecule has 0 aromatic heterocycles. The van der Waals surface area contributed by atoms with E-state index in [-0.39, 0.29) is 0 Å². The maximum absolute atomic E-state index is 3.68. The minimum absolute atomic E-state index is 0.422. The molecule has 1 aromatic rings. The molecule has 0 spiro atoms. The Hall–Kier alpha value is -1.02. The predicted octanol–water partition coefficient (Wildman–Crippen LogP) is 4.12. The van der Waals surface area contributed by atoms with Crippen LogP contribution in [0.5, 0.6) is 0 Å². The fourth-order valence-corrected chi connectivity index (χ4v) is 3.39. The summed E-state index contributed by atoms with van der Waals surface area (Å²) < 4.78 is 0. The molecular weight excluding hydrogens is 256 g/mol. The van der Waals surface area contributed by atoms with Gasteiger partial charge in [-0.15, -0.1) is 0 Å². The summed E-state index contributed by atoms with van der Waals surface area (Å²) >= 11 is 0. The molecule has 1 heterocycles. The number of rotatable bonds is 4. The molecule has 1 atom stereocenters. The Morgan fingerprint density at radius 1 is 1.19 bits per heavy atom. The van der Waals surface area contributed by atoms with Crippen molar-refractivity contribution in [3.63, 3.8) is 0 Å². The van der Waals surface area contributed by atoms with Crippen LogP contribution in [0.15, 0.2) is 18.2 Å². The number of hydrogen-bond donors (Lipinski definition) is 1. The first kappa shape index (κ1) is 14.9. The zero-order valence-corrected chi connectivity index (χ0v) is 14.1. The summed E-state index contributed by atoms with van der Waals surface area (Å²) in [5.74, 6) is 0.808. The summed E-state index contributed by atoms with van der Waals surface area (Å²) in [6.07, 6.45) is 4.04. The second-order valence-corrected chi connectivity index (χ2v) is 8.08. The SMILES string of the molecule is Cc1ccc(N2CCC(C(C)(C)C)C2)c(CNC2CC2)c1. The number of benzene rings is 1. The van der Waals surface area contributed by atoms with Gasteiger partial charge in [0.15, 0.2) is 0 Å². The number of nitrogens with one attached hydrogen (secondary N) is 1. The van der Waals surface area contributed by atoms with Crippen molar-refractivity contribution in [2.75, 3.05) is 18.0 Å². The van der Waals surface area contributed by atoms with Gasteiger partial charge in [-0.1, -0.05) is 38.5 Å². The van der Waals surface area contributed by atoms with Crippen LogP contribution in [-0.4, -0.2) is 19.1 Å². The quantitative estimate of drug-likeness (QED) is 0.895. The highest BCUT2D eigenvalue weighted by Gasteiger charge is 2.32. The topological polar surface area (TPSA) is 15.3 Å². The molecule has 1 aromatic carbocycles. The smallest absolute Gasteiger partial charge is 0.0412 e. The molecule has 0 bridgehead atoms. The Labute approximate surface area is 129 Å². The van der Waals surface area contributed by atoms with Gasteiger partial charge < -0.3 is 10.2 Å². The third-order valence-electron chi connectivity index (χ3n) is 5.15. The van der Waals surface area contributed by atoms with Crippen LogP contribution in [0, 0.1) is 18.3 Å².